The molecule has 0 aromatic heterocycles. The first-order chi connectivity index (χ1) is 9.13. The fourth-order valence-electron chi connectivity index (χ4n) is 2.26. The molecule has 1 fully saturated rings. The van der Waals surface area contributed by atoms with Gasteiger partial charge in [-0.05, 0) is 32.0 Å². The molecule has 0 radical (unpaired) electrons. The fourth-order valence-corrected chi connectivity index (χ4v) is 2.26. The van der Waals surface area contributed by atoms with E-state index in [-0.39, 0.29) is 12.0 Å². The zero-order valence-electron chi connectivity index (χ0n) is 11.4. The lowest BCUT2D eigenvalue weighted by molar-refractivity contribution is 0.0525. The van der Waals surface area contributed by atoms with Crippen molar-refractivity contribution in [3.63, 3.8) is 0 Å². The third-order valence-electron chi connectivity index (χ3n) is 3.19. The summed E-state index contributed by atoms with van der Waals surface area (Å²) in [6.07, 6.45) is 0. The zero-order chi connectivity index (χ0) is 13.8. The van der Waals surface area contributed by atoms with E-state index in [1.807, 2.05) is 6.07 Å². The number of nitrogen functional groups attached to an aromatic ring is 1. The Morgan fingerprint density at radius 1 is 1.58 bits per heavy atom. The molecule has 1 atom stereocenters. The number of esters is 1. The molecule has 2 rings (SSSR count). The van der Waals surface area contributed by atoms with E-state index in [1.165, 1.54) is 0 Å². The maximum atomic E-state index is 12.0. The number of carbonyl (C=O) groups is 1. The van der Waals surface area contributed by atoms with E-state index in [0.29, 0.717) is 31.1 Å². The highest BCUT2D eigenvalue weighted by Crippen LogP contribution is 2.27. The molecule has 1 aliphatic heterocycles. The van der Waals surface area contributed by atoms with E-state index < -0.39 is 0 Å². The molecular weight excluding hydrogens is 244 g/mol. The summed E-state index contributed by atoms with van der Waals surface area (Å²) in [5.41, 5.74) is 7.73. The summed E-state index contributed by atoms with van der Waals surface area (Å²) < 4.78 is 10.5. The van der Waals surface area contributed by atoms with Gasteiger partial charge in [-0.3, -0.25) is 0 Å². The minimum absolute atomic E-state index is 0.227. The van der Waals surface area contributed by atoms with Crippen molar-refractivity contribution in [1.29, 1.82) is 0 Å². The lowest BCUT2D eigenvalue weighted by Gasteiger charge is -2.36. The average Bonchev–Trinajstić information content (AvgIpc) is 2.40. The minimum Gasteiger partial charge on any atom is -0.462 e. The Labute approximate surface area is 113 Å². The summed E-state index contributed by atoms with van der Waals surface area (Å²) in [6.45, 7) is 6.30. The van der Waals surface area contributed by atoms with E-state index in [4.69, 9.17) is 15.2 Å². The summed E-state index contributed by atoms with van der Waals surface area (Å²) in [5, 5.41) is 0. The largest absolute Gasteiger partial charge is 0.462 e. The van der Waals surface area contributed by atoms with Crippen molar-refractivity contribution in [2.45, 2.75) is 19.9 Å². The Morgan fingerprint density at radius 2 is 2.37 bits per heavy atom. The predicted octanol–water partition coefficient (Wildman–Crippen LogP) is 1.67. The van der Waals surface area contributed by atoms with Crippen molar-refractivity contribution in [3.05, 3.63) is 23.8 Å². The molecule has 0 bridgehead atoms. The second-order valence-corrected chi connectivity index (χ2v) is 4.61. The van der Waals surface area contributed by atoms with Crippen LogP contribution < -0.4 is 10.6 Å². The molecule has 5 nitrogen and oxygen atoms in total. The predicted molar refractivity (Wildman–Crippen MR) is 74.4 cm³/mol. The van der Waals surface area contributed by atoms with Gasteiger partial charge < -0.3 is 20.1 Å². The van der Waals surface area contributed by atoms with E-state index in [2.05, 4.69) is 11.8 Å². The highest BCUT2D eigenvalue weighted by atomic mass is 16.5. The summed E-state index contributed by atoms with van der Waals surface area (Å²) in [5.74, 6) is -0.330. The van der Waals surface area contributed by atoms with Crippen LogP contribution in [0, 0.1) is 0 Å². The number of benzene rings is 1. The smallest absolute Gasteiger partial charge is 0.340 e. The monoisotopic (exact) mass is 264 g/mol. The van der Waals surface area contributed by atoms with Crippen molar-refractivity contribution in [1.82, 2.24) is 0 Å². The third-order valence-corrected chi connectivity index (χ3v) is 3.19. The van der Waals surface area contributed by atoms with E-state index in [9.17, 15) is 4.79 Å². The van der Waals surface area contributed by atoms with Crippen molar-refractivity contribution in [3.8, 4) is 0 Å². The highest BCUT2D eigenvalue weighted by molar-refractivity contribution is 5.97. The molecule has 1 aromatic rings. The Kier molecular flexibility index (Phi) is 4.27. The van der Waals surface area contributed by atoms with Crippen molar-refractivity contribution in [2.24, 2.45) is 0 Å². The van der Waals surface area contributed by atoms with Crippen LogP contribution in [-0.4, -0.2) is 38.4 Å². The van der Waals surface area contributed by atoms with Crippen LogP contribution in [0.5, 0.6) is 0 Å². The van der Waals surface area contributed by atoms with Crippen molar-refractivity contribution >= 4 is 17.3 Å². The molecule has 1 saturated heterocycles. The van der Waals surface area contributed by atoms with E-state index in [1.54, 1.807) is 19.1 Å². The summed E-state index contributed by atoms with van der Waals surface area (Å²) in [4.78, 5) is 14.2. The van der Waals surface area contributed by atoms with E-state index >= 15 is 0 Å². The second kappa shape index (κ2) is 5.93. The van der Waals surface area contributed by atoms with Crippen LogP contribution in [0.1, 0.15) is 24.2 Å². The number of rotatable bonds is 3. The summed E-state index contributed by atoms with van der Waals surface area (Å²) in [6, 6.07) is 5.59. The molecule has 0 amide bonds. The molecule has 0 aliphatic carbocycles. The Hall–Kier alpha value is -1.75. The minimum atomic E-state index is -0.330. The molecular formula is C14H20N2O3. The Bertz CT molecular complexity index is 462. The van der Waals surface area contributed by atoms with Crippen LogP contribution >= 0.6 is 0 Å². The molecule has 104 valence electrons. The van der Waals surface area contributed by atoms with Crippen LogP contribution in [-0.2, 0) is 9.47 Å². The van der Waals surface area contributed by atoms with Gasteiger partial charge >= 0.3 is 5.97 Å². The quantitative estimate of drug-likeness (QED) is 0.664. The molecule has 2 N–H and O–H groups in total. The van der Waals surface area contributed by atoms with E-state index in [0.717, 1.165) is 12.2 Å². The molecule has 0 saturated carbocycles. The van der Waals surface area contributed by atoms with Gasteiger partial charge in [0.05, 0.1) is 31.1 Å². The van der Waals surface area contributed by atoms with Gasteiger partial charge in [0.25, 0.3) is 0 Å². The van der Waals surface area contributed by atoms with Crippen LogP contribution in [0.25, 0.3) is 0 Å². The number of anilines is 2. The molecule has 1 unspecified atom stereocenters. The fraction of sp³-hybridized carbons (Fsp3) is 0.500. The normalized spacial score (nSPS) is 19.3. The number of hydrogen-bond donors (Lipinski definition) is 1. The summed E-state index contributed by atoms with van der Waals surface area (Å²) in [7, 11) is 0. The number of nitrogens with zero attached hydrogens (tertiary/aromatic N) is 1. The van der Waals surface area contributed by atoms with Crippen LogP contribution in [0.2, 0.25) is 0 Å². The number of nitrogens with two attached hydrogens (primary N) is 1. The first kappa shape index (κ1) is 13.7. The second-order valence-electron chi connectivity index (χ2n) is 4.61. The Morgan fingerprint density at radius 3 is 3.05 bits per heavy atom. The van der Waals surface area contributed by atoms with Crippen molar-refractivity contribution < 1.29 is 14.3 Å². The third kappa shape index (κ3) is 2.98. The number of ether oxygens (including phenoxy) is 2. The van der Waals surface area contributed by atoms with Gasteiger partial charge in [-0.15, -0.1) is 0 Å². The lowest BCUT2D eigenvalue weighted by Crippen LogP contribution is -2.44. The van der Waals surface area contributed by atoms with Gasteiger partial charge in [0.1, 0.15) is 0 Å². The number of morpholine rings is 1. The molecule has 0 spiro atoms. The van der Waals surface area contributed by atoms with Gasteiger partial charge in [0.2, 0.25) is 0 Å². The zero-order valence-corrected chi connectivity index (χ0v) is 11.4. The van der Waals surface area contributed by atoms with Gasteiger partial charge in [0, 0.05) is 18.3 Å². The maximum absolute atomic E-state index is 12.0. The standard InChI is InChI=1S/C14H20N2O3/c1-3-19-14(17)12-8-11(15)4-5-13(12)16-6-7-18-9-10(16)2/h4-5,8,10H,3,6-7,9,15H2,1-2H3. The highest BCUT2D eigenvalue weighted by Gasteiger charge is 2.24. The van der Waals surface area contributed by atoms with Gasteiger partial charge in [-0.1, -0.05) is 0 Å². The summed E-state index contributed by atoms with van der Waals surface area (Å²) >= 11 is 0. The van der Waals surface area contributed by atoms with Crippen LogP contribution in [0.4, 0.5) is 11.4 Å². The molecule has 19 heavy (non-hydrogen) atoms. The SMILES string of the molecule is CCOC(=O)c1cc(N)ccc1N1CCOCC1C. The lowest BCUT2D eigenvalue weighted by atomic mass is 10.1. The first-order valence-electron chi connectivity index (χ1n) is 6.54. The number of carbonyl (C=O) groups excluding carboxylic acids is 1. The van der Waals surface area contributed by atoms with Gasteiger partial charge in [-0.25, -0.2) is 4.79 Å². The average molecular weight is 264 g/mol. The van der Waals surface area contributed by atoms with Crippen LogP contribution in [0.15, 0.2) is 18.2 Å². The molecule has 1 heterocycles. The van der Waals surface area contributed by atoms with Crippen molar-refractivity contribution in [2.75, 3.05) is 37.0 Å². The maximum Gasteiger partial charge on any atom is 0.340 e. The first-order valence-corrected chi connectivity index (χ1v) is 6.54. The molecule has 1 aromatic carbocycles. The topological polar surface area (TPSA) is 64.8 Å². The number of hydrogen-bond acceptors (Lipinski definition) is 5. The van der Waals surface area contributed by atoms with Crippen LogP contribution in [0.3, 0.4) is 0 Å². The molecule has 1 aliphatic rings. The Balaban J connectivity index is 2.35. The van der Waals surface area contributed by atoms with Gasteiger partial charge in [0.15, 0.2) is 0 Å². The van der Waals surface area contributed by atoms with Gasteiger partial charge in [-0.2, -0.15) is 0 Å². The molecule has 5 heteroatoms.